The minimum atomic E-state index is 0.411. The van der Waals surface area contributed by atoms with Crippen LogP contribution in [-0.2, 0) is 0 Å². The molecule has 0 bridgehead atoms. The summed E-state index contributed by atoms with van der Waals surface area (Å²) in [5.41, 5.74) is 2.79. The van der Waals surface area contributed by atoms with E-state index >= 15 is 0 Å². The molecule has 0 aromatic carbocycles. The Hall–Kier alpha value is -3.68. The normalized spacial score (nSPS) is 10.5. The van der Waals surface area contributed by atoms with Crippen molar-refractivity contribution in [1.29, 1.82) is 0 Å². The van der Waals surface area contributed by atoms with Gasteiger partial charge in [0, 0.05) is 18.0 Å². The molecular formula is C16H11N7O. The number of nitrogens with one attached hydrogen (secondary N) is 1. The first kappa shape index (κ1) is 13.9. The fourth-order valence-corrected chi connectivity index (χ4v) is 2.17. The summed E-state index contributed by atoms with van der Waals surface area (Å²) < 4.78 is 5.50. The number of furan rings is 1. The van der Waals surface area contributed by atoms with Crippen LogP contribution in [0.5, 0.6) is 0 Å². The van der Waals surface area contributed by atoms with Crippen molar-refractivity contribution >= 4 is 11.6 Å². The van der Waals surface area contributed by atoms with Crippen molar-refractivity contribution < 1.29 is 4.42 Å². The van der Waals surface area contributed by atoms with Crippen LogP contribution in [-0.4, -0.2) is 29.9 Å². The van der Waals surface area contributed by atoms with Gasteiger partial charge < -0.3 is 9.73 Å². The number of nitrogens with zero attached hydrogens (tertiary/aromatic N) is 6. The van der Waals surface area contributed by atoms with Crippen molar-refractivity contribution in [3.8, 4) is 22.7 Å². The van der Waals surface area contributed by atoms with Crippen LogP contribution >= 0.6 is 0 Å². The predicted octanol–water partition coefficient (Wildman–Crippen LogP) is 2.73. The van der Waals surface area contributed by atoms with E-state index in [4.69, 9.17) is 4.42 Å². The molecule has 0 aliphatic rings. The van der Waals surface area contributed by atoms with Gasteiger partial charge in [0.05, 0.1) is 30.0 Å². The average Bonchev–Trinajstić information content (AvgIpc) is 3.18. The zero-order chi connectivity index (χ0) is 16.2. The molecule has 8 heteroatoms. The van der Waals surface area contributed by atoms with Gasteiger partial charge in [-0.1, -0.05) is 0 Å². The summed E-state index contributed by atoms with van der Waals surface area (Å²) in [5, 5.41) is 3.06. The highest BCUT2D eigenvalue weighted by molar-refractivity contribution is 5.76. The van der Waals surface area contributed by atoms with E-state index in [-0.39, 0.29) is 0 Å². The summed E-state index contributed by atoms with van der Waals surface area (Å²) in [4.78, 5) is 25.0. The van der Waals surface area contributed by atoms with Gasteiger partial charge in [0.15, 0.2) is 5.76 Å². The smallest absolute Gasteiger partial charge is 0.227 e. The van der Waals surface area contributed by atoms with E-state index in [9.17, 15) is 0 Å². The summed E-state index contributed by atoms with van der Waals surface area (Å²) in [5.74, 6) is 1.03. The molecule has 0 aliphatic carbocycles. The number of hydrogen-bond donors (Lipinski definition) is 1. The number of aromatic nitrogens is 6. The van der Waals surface area contributed by atoms with Gasteiger partial charge in [-0.2, -0.15) is 0 Å². The van der Waals surface area contributed by atoms with Crippen LogP contribution in [0, 0.1) is 0 Å². The molecule has 0 radical (unpaired) electrons. The number of hydrogen-bond acceptors (Lipinski definition) is 8. The van der Waals surface area contributed by atoms with Crippen LogP contribution in [0.15, 0.2) is 66.3 Å². The molecule has 24 heavy (non-hydrogen) atoms. The minimum absolute atomic E-state index is 0.411. The molecule has 0 saturated carbocycles. The van der Waals surface area contributed by atoms with Gasteiger partial charge in [0.1, 0.15) is 18.3 Å². The van der Waals surface area contributed by atoms with Crippen molar-refractivity contribution in [2.24, 2.45) is 0 Å². The highest BCUT2D eigenvalue weighted by atomic mass is 16.3. The predicted molar refractivity (Wildman–Crippen MR) is 86.1 cm³/mol. The third kappa shape index (κ3) is 2.80. The third-order valence-corrected chi connectivity index (χ3v) is 3.22. The summed E-state index contributed by atoms with van der Waals surface area (Å²) >= 11 is 0. The van der Waals surface area contributed by atoms with Crippen LogP contribution in [0.25, 0.3) is 22.7 Å². The van der Waals surface area contributed by atoms with E-state index in [0.29, 0.717) is 28.8 Å². The molecule has 0 saturated heterocycles. The highest BCUT2D eigenvalue weighted by Crippen LogP contribution is 2.30. The highest BCUT2D eigenvalue weighted by Gasteiger charge is 2.14. The molecule has 0 spiro atoms. The van der Waals surface area contributed by atoms with Gasteiger partial charge >= 0.3 is 0 Å². The van der Waals surface area contributed by atoms with Crippen LogP contribution in [0.1, 0.15) is 0 Å². The van der Waals surface area contributed by atoms with Gasteiger partial charge in [0.2, 0.25) is 5.95 Å². The Morgan fingerprint density at radius 3 is 2.58 bits per heavy atom. The molecule has 116 valence electrons. The minimum Gasteiger partial charge on any atom is -0.463 e. The number of anilines is 2. The lowest BCUT2D eigenvalue weighted by Crippen LogP contribution is -2.01. The van der Waals surface area contributed by atoms with Crippen LogP contribution in [0.3, 0.4) is 0 Å². The van der Waals surface area contributed by atoms with Crippen molar-refractivity contribution in [3.05, 3.63) is 61.9 Å². The van der Waals surface area contributed by atoms with Crippen LogP contribution in [0.2, 0.25) is 0 Å². The molecule has 1 N–H and O–H groups in total. The standard InChI is InChI=1S/C16H11N7O/c1-2-14(24-5-1)15-12(13-3-4-17-10-21-13)8-20-16(23-15)22-11-6-18-9-19-7-11/h1-10H,(H,20,22,23). The molecule has 0 fully saturated rings. The van der Waals surface area contributed by atoms with Crippen molar-refractivity contribution in [2.75, 3.05) is 5.32 Å². The Morgan fingerprint density at radius 1 is 0.917 bits per heavy atom. The Kier molecular flexibility index (Phi) is 3.61. The van der Waals surface area contributed by atoms with Crippen molar-refractivity contribution in [3.63, 3.8) is 0 Å². The largest absolute Gasteiger partial charge is 0.463 e. The fraction of sp³-hybridized carbons (Fsp3) is 0. The van der Waals surface area contributed by atoms with E-state index in [1.165, 1.54) is 12.7 Å². The van der Waals surface area contributed by atoms with Crippen molar-refractivity contribution in [1.82, 2.24) is 29.9 Å². The van der Waals surface area contributed by atoms with Gasteiger partial charge in [-0.15, -0.1) is 0 Å². The lowest BCUT2D eigenvalue weighted by Gasteiger charge is -2.09. The second-order valence-electron chi connectivity index (χ2n) is 4.78. The molecule has 0 unspecified atom stereocenters. The SMILES string of the molecule is c1coc(-c2nc(Nc3cncnc3)ncc2-c2ccncn2)c1. The Bertz CT molecular complexity index is 927. The fourth-order valence-electron chi connectivity index (χ4n) is 2.17. The maximum Gasteiger partial charge on any atom is 0.227 e. The average molecular weight is 317 g/mol. The summed E-state index contributed by atoms with van der Waals surface area (Å²) in [7, 11) is 0. The summed E-state index contributed by atoms with van der Waals surface area (Å²) in [6.07, 6.45) is 11.2. The first-order valence-corrected chi connectivity index (χ1v) is 7.09. The molecule has 4 aromatic heterocycles. The molecule has 4 rings (SSSR count). The summed E-state index contributed by atoms with van der Waals surface area (Å²) in [6, 6.07) is 5.44. The van der Waals surface area contributed by atoms with E-state index in [1.54, 1.807) is 43.2 Å². The molecule has 0 aliphatic heterocycles. The maximum atomic E-state index is 5.50. The third-order valence-electron chi connectivity index (χ3n) is 3.22. The maximum absolute atomic E-state index is 5.50. The lowest BCUT2D eigenvalue weighted by molar-refractivity contribution is 0.580. The van der Waals surface area contributed by atoms with Crippen molar-refractivity contribution in [2.45, 2.75) is 0 Å². The van der Waals surface area contributed by atoms with Gasteiger partial charge in [-0.3, -0.25) is 0 Å². The summed E-state index contributed by atoms with van der Waals surface area (Å²) in [6.45, 7) is 0. The zero-order valence-electron chi connectivity index (χ0n) is 12.4. The second-order valence-corrected chi connectivity index (χ2v) is 4.78. The van der Waals surface area contributed by atoms with E-state index in [1.807, 2.05) is 6.07 Å². The number of rotatable bonds is 4. The molecular weight excluding hydrogens is 306 g/mol. The molecule has 4 heterocycles. The molecule has 0 atom stereocenters. The zero-order valence-corrected chi connectivity index (χ0v) is 12.4. The van der Waals surface area contributed by atoms with Crippen LogP contribution < -0.4 is 5.32 Å². The molecule has 8 nitrogen and oxygen atoms in total. The lowest BCUT2D eigenvalue weighted by atomic mass is 10.1. The quantitative estimate of drug-likeness (QED) is 0.613. The second kappa shape index (κ2) is 6.21. The van der Waals surface area contributed by atoms with Crippen LogP contribution in [0.4, 0.5) is 11.6 Å². The Labute approximate surface area is 136 Å². The first-order valence-electron chi connectivity index (χ1n) is 7.09. The topological polar surface area (TPSA) is 103 Å². The van der Waals surface area contributed by atoms with E-state index in [2.05, 4.69) is 35.2 Å². The Balaban J connectivity index is 1.78. The van der Waals surface area contributed by atoms with Gasteiger partial charge in [0.25, 0.3) is 0 Å². The van der Waals surface area contributed by atoms with E-state index < -0.39 is 0 Å². The van der Waals surface area contributed by atoms with Gasteiger partial charge in [-0.05, 0) is 18.2 Å². The van der Waals surface area contributed by atoms with E-state index in [0.717, 1.165) is 5.56 Å². The first-order chi connectivity index (χ1) is 11.9. The van der Waals surface area contributed by atoms with Gasteiger partial charge in [-0.25, -0.2) is 29.9 Å². The monoisotopic (exact) mass is 317 g/mol. The Morgan fingerprint density at radius 2 is 1.83 bits per heavy atom. The molecule has 0 amide bonds. The molecule has 4 aromatic rings.